The maximum atomic E-state index is 13.3. The minimum Gasteiger partial charge on any atom is -0.488 e. The topological polar surface area (TPSA) is 41.8 Å². The Kier molecular flexibility index (Phi) is 4.74. The molecule has 0 aromatic heterocycles. The third kappa shape index (κ3) is 3.57. The van der Waals surface area contributed by atoms with E-state index in [2.05, 4.69) is 21.1 Å². The quantitative estimate of drug-likeness (QED) is 0.511. The predicted molar refractivity (Wildman–Crippen MR) is 78.9 cm³/mol. The second-order valence-electron chi connectivity index (χ2n) is 4.24. The zero-order valence-electron chi connectivity index (χ0n) is 10.8. The Balaban J connectivity index is 2.21. The Labute approximate surface area is 124 Å². The lowest BCUT2D eigenvalue weighted by atomic mass is 10.1. The van der Waals surface area contributed by atoms with Gasteiger partial charge in [0, 0.05) is 10.0 Å². The van der Waals surface area contributed by atoms with Gasteiger partial charge in [-0.25, -0.2) is 4.39 Å². The van der Waals surface area contributed by atoms with E-state index in [4.69, 9.17) is 9.94 Å². The Morgan fingerprint density at radius 1 is 1.30 bits per heavy atom. The minimum absolute atomic E-state index is 0.300. The largest absolute Gasteiger partial charge is 0.488 e. The van der Waals surface area contributed by atoms with Gasteiger partial charge in [0.2, 0.25) is 0 Å². The van der Waals surface area contributed by atoms with Gasteiger partial charge < -0.3 is 9.94 Å². The van der Waals surface area contributed by atoms with Crippen molar-refractivity contribution < 1.29 is 14.3 Å². The van der Waals surface area contributed by atoms with Gasteiger partial charge in [0.1, 0.15) is 18.2 Å². The summed E-state index contributed by atoms with van der Waals surface area (Å²) < 4.78 is 19.9. The van der Waals surface area contributed by atoms with E-state index in [1.165, 1.54) is 18.2 Å². The summed E-state index contributed by atoms with van der Waals surface area (Å²) >= 11 is 3.39. The van der Waals surface area contributed by atoms with Crippen LogP contribution in [0.3, 0.4) is 0 Å². The van der Waals surface area contributed by atoms with Crippen LogP contribution in [0.4, 0.5) is 4.39 Å². The minimum atomic E-state index is -0.405. The van der Waals surface area contributed by atoms with Crippen LogP contribution in [0, 0.1) is 5.82 Å². The SMILES string of the molecule is C/C(=N/O)c1cc(F)ccc1OCc1cccc(Br)c1. The molecule has 104 valence electrons. The van der Waals surface area contributed by atoms with Gasteiger partial charge >= 0.3 is 0 Å². The van der Waals surface area contributed by atoms with Gasteiger partial charge in [-0.05, 0) is 42.8 Å². The lowest BCUT2D eigenvalue weighted by Crippen LogP contribution is -2.03. The third-order valence-corrected chi connectivity index (χ3v) is 3.26. The third-order valence-electron chi connectivity index (χ3n) is 2.76. The molecule has 2 rings (SSSR count). The highest BCUT2D eigenvalue weighted by Crippen LogP contribution is 2.22. The van der Waals surface area contributed by atoms with Crippen LogP contribution in [0.5, 0.6) is 5.75 Å². The molecular formula is C15H13BrFNO2. The first-order valence-electron chi connectivity index (χ1n) is 5.96. The van der Waals surface area contributed by atoms with E-state index in [9.17, 15) is 4.39 Å². The highest BCUT2D eigenvalue weighted by Gasteiger charge is 2.09. The fraction of sp³-hybridized carbons (Fsp3) is 0.133. The van der Waals surface area contributed by atoms with E-state index in [1.54, 1.807) is 6.92 Å². The number of rotatable bonds is 4. The van der Waals surface area contributed by atoms with Gasteiger partial charge in [0.15, 0.2) is 0 Å². The van der Waals surface area contributed by atoms with Crippen molar-refractivity contribution in [3.8, 4) is 5.75 Å². The molecule has 0 fully saturated rings. The molecule has 0 saturated carbocycles. The number of oxime groups is 1. The lowest BCUT2D eigenvalue weighted by molar-refractivity contribution is 0.303. The lowest BCUT2D eigenvalue weighted by Gasteiger charge is -2.11. The van der Waals surface area contributed by atoms with Crippen LogP contribution < -0.4 is 4.74 Å². The summed E-state index contributed by atoms with van der Waals surface area (Å²) in [7, 11) is 0. The Hall–Kier alpha value is -1.88. The first-order valence-corrected chi connectivity index (χ1v) is 6.75. The molecule has 0 bridgehead atoms. The fourth-order valence-electron chi connectivity index (χ4n) is 1.75. The normalized spacial score (nSPS) is 11.4. The number of hydrogen-bond acceptors (Lipinski definition) is 3. The maximum absolute atomic E-state index is 13.3. The average molecular weight is 338 g/mol. The number of hydrogen-bond donors (Lipinski definition) is 1. The average Bonchev–Trinajstić information content (AvgIpc) is 2.45. The van der Waals surface area contributed by atoms with Gasteiger partial charge in [-0.2, -0.15) is 0 Å². The molecule has 0 aliphatic carbocycles. The monoisotopic (exact) mass is 337 g/mol. The van der Waals surface area contributed by atoms with Crippen molar-refractivity contribution in [2.45, 2.75) is 13.5 Å². The van der Waals surface area contributed by atoms with E-state index in [-0.39, 0.29) is 0 Å². The van der Waals surface area contributed by atoms with E-state index < -0.39 is 5.82 Å². The van der Waals surface area contributed by atoms with Crippen LogP contribution in [0.15, 0.2) is 52.1 Å². The van der Waals surface area contributed by atoms with Crippen LogP contribution in [0.2, 0.25) is 0 Å². The molecule has 0 saturated heterocycles. The van der Waals surface area contributed by atoms with Crippen molar-refractivity contribution in [2.75, 3.05) is 0 Å². The molecule has 0 aliphatic heterocycles. The van der Waals surface area contributed by atoms with Crippen molar-refractivity contribution in [2.24, 2.45) is 5.16 Å². The Morgan fingerprint density at radius 3 is 2.80 bits per heavy atom. The van der Waals surface area contributed by atoms with Crippen molar-refractivity contribution in [3.05, 3.63) is 63.9 Å². The predicted octanol–water partition coefficient (Wildman–Crippen LogP) is 4.37. The van der Waals surface area contributed by atoms with Gasteiger partial charge in [-0.3, -0.25) is 0 Å². The summed E-state index contributed by atoms with van der Waals surface area (Å²) in [6, 6.07) is 11.8. The standard InChI is InChI=1S/C15H13BrFNO2/c1-10(18-19)14-8-13(17)5-6-15(14)20-9-11-3-2-4-12(16)7-11/h2-8,19H,9H2,1H3/b18-10-. The number of benzene rings is 2. The summed E-state index contributed by atoms with van der Waals surface area (Å²) in [6.45, 7) is 1.93. The van der Waals surface area contributed by atoms with Gasteiger partial charge in [-0.1, -0.05) is 33.2 Å². The first kappa shape index (κ1) is 14.5. The molecule has 0 heterocycles. The van der Waals surface area contributed by atoms with E-state index in [0.29, 0.717) is 23.6 Å². The molecule has 20 heavy (non-hydrogen) atoms. The molecule has 0 unspecified atom stereocenters. The van der Waals surface area contributed by atoms with Crippen LogP contribution in [-0.4, -0.2) is 10.9 Å². The second-order valence-corrected chi connectivity index (χ2v) is 5.16. The van der Waals surface area contributed by atoms with E-state index in [0.717, 1.165) is 10.0 Å². The van der Waals surface area contributed by atoms with Gasteiger partial charge in [-0.15, -0.1) is 0 Å². The summed E-state index contributed by atoms with van der Waals surface area (Å²) in [6.07, 6.45) is 0. The summed E-state index contributed by atoms with van der Waals surface area (Å²) in [5.74, 6) is 0.0690. The Morgan fingerprint density at radius 2 is 2.10 bits per heavy atom. The molecule has 3 nitrogen and oxygen atoms in total. The molecule has 2 aromatic carbocycles. The van der Waals surface area contributed by atoms with Gasteiger partial charge in [0.25, 0.3) is 0 Å². The molecule has 0 spiro atoms. The van der Waals surface area contributed by atoms with Crippen LogP contribution in [0.25, 0.3) is 0 Å². The summed E-state index contributed by atoms with van der Waals surface area (Å²) in [5.41, 5.74) is 1.71. The van der Waals surface area contributed by atoms with Crippen LogP contribution in [-0.2, 0) is 6.61 Å². The molecular weight excluding hydrogens is 325 g/mol. The van der Waals surface area contributed by atoms with Gasteiger partial charge in [0.05, 0.1) is 5.71 Å². The van der Waals surface area contributed by atoms with Crippen molar-refractivity contribution in [3.63, 3.8) is 0 Å². The number of ether oxygens (including phenoxy) is 1. The summed E-state index contributed by atoms with van der Waals surface area (Å²) in [5, 5.41) is 11.9. The smallest absolute Gasteiger partial charge is 0.129 e. The number of nitrogens with zero attached hydrogens (tertiary/aromatic N) is 1. The van der Waals surface area contributed by atoms with Crippen LogP contribution in [0.1, 0.15) is 18.1 Å². The highest BCUT2D eigenvalue weighted by atomic mass is 79.9. The van der Waals surface area contributed by atoms with Crippen molar-refractivity contribution in [1.29, 1.82) is 0 Å². The van der Waals surface area contributed by atoms with Crippen LogP contribution >= 0.6 is 15.9 Å². The summed E-state index contributed by atoms with van der Waals surface area (Å²) in [4.78, 5) is 0. The first-order chi connectivity index (χ1) is 9.60. The zero-order valence-corrected chi connectivity index (χ0v) is 12.4. The number of halogens is 2. The molecule has 0 amide bonds. The zero-order chi connectivity index (χ0) is 14.5. The van der Waals surface area contributed by atoms with E-state index in [1.807, 2.05) is 24.3 Å². The Bertz CT molecular complexity index is 644. The van der Waals surface area contributed by atoms with E-state index >= 15 is 0 Å². The highest BCUT2D eigenvalue weighted by molar-refractivity contribution is 9.10. The molecule has 0 radical (unpaired) electrons. The van der Waals surface area contributed by atoms with Crippen molar-refractivity contribution >= 4 is 21.6 Å². The molecule has 2 aromatic rings. The molecule has 1 N–H and O–H groups in total. The molecule has 0 atom stereocenters. The fourth-order valence-corrected chi connectivity index (χ4v) is 2.20. The molecule has 5 heteroatoms. The molecule has 0 aliphatic rings. The van der Waals surface area contributed by atoms with Crippen molar-refractivity contribution in [1.82, 2.24) is 0 Å². The second kappa shape index (κ2) is 6.52. The maximum Gasteiger partial charge on any atom is 0.129 e.